The minimum atomic E-state index is -1.41. The van der Waals surface area contributed by atoms with Crippen LogP contribution in [-0.2, 0) is 35.2 Å². The van der Waals surface area contributed by atoms with Crippen molar-refractivity contribution in [2.75, 3.05) is 0 Å². The molecule has 35 heavy (non-hydrogen) atoms. The van der Waals surface area contributed by atoms with E-state index in [0.717, 1.165) is 0 Å². The number of carboxylic acid groups (broad SMARTS) is 1. The second-order valence-electron chi connectivity index (χ2n) is 7.84. The van der Waals surface area contributed by atoms with Crippen molar-refractivity contribution < 1.29 is 39.0 Å². The van der Waals surface area contributed by atoms with Crippen molar-refractivity contribution in [2.24, 2.45) is 17.2 Å². The number of amides is 5. The molecule has 0 saturated heterocycles. The minimum Gasteiger partial charge on any atom is -0.508 e. The van der Waals surface area contributed by atoms with Gasteiger partial charge in [-0.1, -0.05) is 12.1 Å². The summed E-state index contributed by atoms with van der Waals surface area (Å²) >= 11 is 0. The molecule has 0 fully saturated rings. The maximum absolute atomic E-state index is 12.9. The molecule has 0 aliphatic carbocycles. The number of carbonyl (C=O) groups is 6. The summed E-state index contributed by atoms with van der Waals surface area (Å²) in [5, 5.41) is 25.6. The maximum atomic E-state index is 12.9. The number of benzene rings is 1. The summed E-state index contributed by atoms with van der Waals surface area (Å²) in [7, 11) is 0. The van der Waals surface area contributed by atoms with E-state index in [1.165, 1.54) is 31.2 Å². The van der Waals surface area contributed by atoms with Gasteiger partial charge in [-0.05, 0) is 31.0 Å². The molecule has 14 nitrogen and oxygen atoms in total. The van der Waals surface area contributed by atoms with E-state index < -0.39 is 66.1 Å². The molecule has 0 radical (unpaired) electrons. The van der Waals surface area contributed by atoms with Gasteiger partial charge in [-0.3, -0.25) is 24.0 Å². The van der Waals surface area contributed by atoms with Gasteiger partial charge in [-0.2, -0.15) is 0 Å². The van der Waals surface area contributed by atoms with Gasteiger partial charge in [0.1, 0.15) is 23.9 Å². The molecular weight excluding hydrogens is 464 g/mol. The first-order valence-corrected chi connectivity index (χ1v) is 10.5. The molecule has 0 heterocycles. The van der Waals surface area contributed by atoms with E-state index in [0.29, 0.717) is 5.56 Å². The van der Waals surface area contributed by atoms with Crippen molar-refractivity contribution in [3.63, 3.8) is 0 Å². The molecule has 0 saturated carbocycles. The number of carbonyl (C=O) groups excluding carboxylic acids is 5. The number of nitrogens with one attached hydrogen (secondary N) is 3. The van der Waals surface area contributed by atoms with Crippen molar-refractivity contribution in [3.8, 4) is 5.75 Å². The predicted molar refractivity (Wildman–Crippen MR) is 121 cm³/mol. The first kappa shape index (κ1) is 28.8. The zero-order valence-corrected chi connectivity index (χ0v) is 19.0. The van der Waals surface area contributed by atoms with Crippen LogP contribution in [0.5, 0.6) is 5.75 Å². The van der Waals surface area contributed by atoms with E-state index in [1.54, 1.807) is 0 Å². The average Bonchev–Trinajstić information content (AvgIpc) is 2.76. The molecule has 4 unspecified atom stereocenters. The zero-order valence-electron chi connectivity index (χ0n) is 19.0. The van der Waals surface area contributed by atoms with Crippen LogP contribution in [-0.4, -0.2) is 69.9 Å². The lowest BCUT2D eigenvalue weighted by Crippen LogP contribution is -2.57. The molecule has 1 aromatic rings. The van der Waals surface area contributed by atoms with E-state index in [4.69, 9.17) is 17.2 Å². The van der Waals surface area contributed by atoms with Crippen LogP contribution in [0.2, 0.25) is 0 Å². The quantitative estimate of drug-likeness (QED) is 0.130. The zero-order chi connectivity index (χ0) is 26.7. The Kier molecular flexibility index (Phi) is 11.1. The second-order valence-corrected chi connectivity index (χ2v) is 7.84. The monoisotopic (exact) mass is 494 g/mol. The smallest absolute Gasteiger partial charge is 0.326 e. The van der Waals surface area contributed by atoms with Crippen molar-refractivity contribution in [2.45, 2.75) is 56.8 Å². The van der Waals surface area contributed by atoms with Gasteiger partial charge in [0, 0.05) is 12.8 Å². The predicted octanol–water partition coefficient (Wildman–Crippen LogP) is -3.04. The number of aliphatic carboxylic acids is 1. The van der Waals surface area contributed by atoms with Crippen LogP contribution in [0, 0.1) is 0 Å². The number of hydrogen-bond acceptors (Lipinski definition) is 8. The van der Waals surface area contributed by atoms with Gasteiger partial charge >= 0.3 is 5.97 Å². The van der Waals surface area contributed by atoms with Crippen molar-refractivity contribution >= 4 is 35.5 Å². The van der Waals surface area contributed by atoms with Crippen molar-refractivity contribution in [1.82, 2.24) is 16.0 Å². The Morgan fingerprint density at radius 1 is 0.857 bits per heavy atom. The SMILES string of the molecule is CC(NC(=O)C(Cc1ccc(O)cc1)NC(=O)C(N)CC(N)=O)C(=O)NC(CCC(N)=O)C(=O)O. The lowest BCUT2D eigenvalue weighted by atomic mass is 10.0. The van der Waals surface area contributed by atoms with E-state index in [9.17, 15) is 39.0 Å². The molecular formula is C21H30N6O8. The van der Waals surface area contributed by atoms with Crippen LogP contribution < -0.4 is 33.2 Å². The molecule has 11 N–H and O–H groups in total. The van der Waals surface area contributed by atoms with Crippen LogP contribution >= 0.6 is 0 Å². The Bertz CT molecular complexity index is 952. The Labute approximate surface area is 200 Å². The normalized spacial score (nSPS) is 14.0. The lowest BCUT2D eigenvalue weighted by molar-refractivity contribution is -0.142. The van der Waals surface area contributed by atoms with E-state index >= 15 is 0 Å². The maximum Gasteiger partial charge on any atom is 0.326 e. The third-order valence-corrected chi connectivity index (χ3v) is 4.81. The molecule has 1 aromatic carbocycles. The van der Waals surface area contributed by atoms with Crippen LogP contribution in [0.15, 0.2) is 24.3 Å². The average molecular weight is 495 g/mol. The van der Waals surface area contributed by atoms with Gasteiger partial charge < -0.3 is 43.4 Å². The first-order chi connectivity index (χ1) is 16.3. The summed E-state index contributed by atoms with van der Waals surface area (Å²) in [6.07, 6.45) is -1.04. The van der Waals surface area contributed by atoms with Gasteiger partial charge in [0.2, 0.25) is 29.5 Å². The van der Waals surface area contributed by atoms with Crippen molar-refractivity contribution in [1.29, 1.82) is 0 Å². The third kappa shape index (κ3) is 10.5. The highest BCUT2D eigenvalue weighted by Crippen LogP contribution is 2.12. The molecule has 4 atom stereocenters. The molecule has 14 heteroatoms. The van der Waals surface area contributed by atoms with Crippen LogP contribution in [0.4, 0.5) is 0 Å². The van der Waals surface area contributed by atoms with Crippen LogP contribution in [0.1, 0.15) is 31.7 Å². The molecule has 192 valence electrons. The van der Waals surface area contributed by atoms with Crippen LogP contribution in [0.3, 0.4) is 0 Å². The van der Waals surface area contributed by atoms with Gasteiger partial charge in [-0.25, -0.2) is 4.79 Å². The summed E-state index contributed by atoms with van der Waals surface area (Å²) in [5.74, 6) is -5.45. The van der Waals surface area contributed by atoms with E-state index in [1.807, 2.05) is 0 Å². The van der Waals surface area contributed by atoms with Gasteiger partial charge in [0.05, 0.1) is 12.5 Å². The van der Waals surface area contributed by atoms with E-state index in [-0.39, 0.29) is 25.0 Å². The Hall–Kier alpha value is -4.20. The molecule has 0 aliphatic rings. The Morgan fingerprint density at radius 2 is 1.43 bits per heavy atom. The number of nitrogens with two attached hydrogens (primary N) is 3. The number of rotatable bonds is 14. The lowest BCUT2D eigenvalue weighted by Gasteiger charge is -2.23. The largest absolute Gasteiger partial charge is 0.508 e. The van der Waals surface area contributed by atoms with Gasteiger partial charge in [0.25, 0.3) is 0 Å². The summed E-state index contributed by atoms with van der Waals surface area (Å²) in [6.45, 7) is 1.29. The number of primary amides is 2. The van der Waals surface area contributed by atoms with Crippen LogP contribution in [0.25, 0.3) is 0 Å². The van der Waals surface area contributed by atoms with E-state index in [2.05, 4.69) is 16.0 Å². The van der Waals surface area contributed by atoms with Gasteiger partial charge in [0.15, 0.2) is 0 Å². The molecule has 5 amide bonds. The number of phenols is 1. The Balaban J connectivity index is 2.93. The number of hydrogen-bond donors (Lipinski definition) is 8. The fourth-order valence-electron chi connectivity index (χ4n) is 2.89. The molecule has 0 spiro atoms. The fourth-order valence-corrected chi connectivity index (χ4v) is 2.89. The molecule has 0 bridgehead atoms. The summed E-state index contributed by atoms with van der Waals surface area (Å²) in [4.78, 5) is 70.9. The standard InChI is InChI=1S/C21H30N6O8/c1-10(18(31)26-14(21(34)35)6-7-16(23)29)25-20(33)15(8-11-2-4-12(28)5-3-11)27-19(32)13(22)9-17(24)30/h2-5,10,13-15,28H,6-9,22H2,1H3,(H2,23,29)(H2,24,30)(H,25,33)(H,26,31)(H,27,32)(H,34,35). The number of phenolic OH excluding ortho intramolecular Hbond substituents is 1. The third-order valence-electron chi connectivity index (χ3n) is 4.81. The minimum absolute atomic E-state index is 0.0168. The summed E-state index contributed by atoms with van der Waals surface area (Å²) in [6, 6.07) is 0.578. The molecule has 0 aromatic heterocycles. The fraction of sp³-hybridized carbons (Fsp3) is 0.429. The second kappa shape index (κ2) is 13.5. The number of carboxylic acids is 1. The highest BCUT2D eigenvalue weighted by Gasteiger charge is 2.29. The number of aromatic hydroxyl groups is 1. The molecule has 1 rings (SSSR count). The highest BCUT2D eigenvalue weighted by atomic mass is 16.4. The Morgan fingerprint density at radius 3 is 1.94 bits per heavy atom. The first-order valence-electron chi connectivity index (χ1n) is 10.5. The highest BCUT2D eigenvalue weighted by molar-refractivity contribution is 5.95. The summed E-state index contributed by atoms with van der Waals surface area (Å²) in [5.41, 5.74) is 16.2. The van der Waals surface area contributed by atoms with Gasteiger partial charge in [-0.15, -0.1) is 0 Å². The van der Waals surface area contributed by atoms with Crippen molar-refractivity contribution in [3.05, 3.63) is 29.8 Å². The topological polar surface area (TPSA) is 257 Å². The molecule has 0 aliphatic heterocycles. The summed E-state index contributed by atoms with van der Waals surface area (Å²) < 4.78 is 0.